The normalized spacial score (nSPS) is 18.7. The summed E-state index contributed by atoms with van der Waals surface area (Å²) in [5, 5.41) is 0. The lowest BCUT2D eigenvalue weighted by Gasteiger charge is -2.21. The van der Waals surface area contributed by atoms with Crippen LogP contribution in [0.2, 0.25) is 0 Å². The van der Waals surface area contributed by atoms with E-state index in [1.54, 1.807) is 18.2 Å². The van der Waals surface area contributed by atoms with Crippen LogP contribution in [-0.2, 0) is 16.3 Å². The fourth-order valence-corrected chi connectivity index (χ4v) is 3.78. The molecule has 0 aromatic heterocycles. The standard InChI is InChI=1S/C20H19F3O2/c1-19(2)11-15(13-6-4-5-7-17(13)20(21,22)23)14-10-12(18(24)25-3)8-9-16(14)19/h4-10,15H,11H2,1-3H3. The highest BCUT2D eigenvalue weighted by molar-refractivity contribution is 5.89. The van der Waals surface area contributed by atoms with Gasteiger partial charge in [0.2, 0.25) is 0 Å². The molecule has 0 heterocycles. The molecular formula is C20H19F3O2. The molecule has 2 aromatic rings. The van der Waals surface area contributed by atoms with Crippen LogP contribution in [-0.4, -0.2) is 13.1 Å². The molecule has 1 atom stereocenters. The highest BCUT2D eigenvalue weighted by atomic mass is 19.4. The van der Waals surface area contributed by atoms with Crippen LogP contribution < -0.4 is 0 Å². The van der Waals surface area contributed by atoms with Gasteiger partial charge in [0.05, 0.1) is 18.2 Å². The van der Waals surface area contributed by atoms with E-state index < -0.39 is 23.6 Å². The lowest BCUT2D eigenvalue weighted by atomic mass is 9.84. The second kappa shape index (κ2) is 5.90. The van der Waals surface area contributed by atoms with Gasteiger partial charge in [-0.1, -0.05) is 38.1 Å². The van der Waals surface area contributed by atoms with Crippen molar-refractivity contribution in [3.63, 3.8) is 0 Å². The maximum absolute atomic E-state index is 13.5. The van der Waals surface area contributed by atoms with Crippen LogP contribution in [0.15, 0.2) is 42.5 Å². The second-order valence-corrected chi connectivity index (χ2v) is 7.02. The van der Waals surface area contributed by atoms with Gasteiger partial charge in [0, 0.05) is 5.92 Å². The van der Waals surface area contributed by atoms with E-state index in [0.29, 0.717) is 12.0 Å². The van der Waals surface area contributed by atoms with Crippen LogP contribution in [0.3, 0.4) is 0 Å². The van der Waals surface area contributed by atoms with Crippen LogP contribution >= 0.6 is 0 Å². The van der Waals surface area contributed by atoms with E-state index in [1.807, 2.05) is 19.9 Å². The summed E-state index contributed by atoms with van der Waals surface area (Å²) in [5.41, 5.74) is 1.46. The first-order valence-electron chi connectivity index (χ1n) is 8.04. The average molecular weight is 348 g/mol. The molecule has 0 saturated heterocycles. The summed E-state index contributed by atoms with van der Waals surface area (Å²) in [6, 6.07) is 10.8. The maximum atomic E-state index is 13.5. The Morgan fingerprint density at radius 3 is 2.44 bits per heavy atom. The van der Waals surface area contributed by atoms with Crippen LogP contribution in [0.4, 0.5) is 13.2 Å². The SMILES string of the molecule is COC(=O)c1ccc2c(c1)C(c1ccccc1C(F)(F)F)CC2(C)C. The Morgan fingerprint density at radius 2 is 1.80 bits per heavy atom. The molecule has 0 saturated carbocycles. The summed E-state index contributed by atoms with van der Waals surface area (Å²) in [6.07, 6.45) is -3.86. The first-order chi connectivity index (χ1) is 11.6. The van der Waals surface area contributed by atoms with Crippen molar-refractivity contribution >= 4 is 5.97 Å². The number of methoxy groups -OCH3 is 1. The minimum absolute atomic E-state index is 0.254. The number of esters is 1. The molecule has 2 nitrogen and oxygen atoms in total. The molecule has 0 N–H and O–H groups in total. The number of rotatable bonds is 2. The number of benzene rings is 2. The van der Waals surface area contributed by atoms with Gasteiger partial charge in [0.15, 0.2) is 0 Å². The quantitative estimate of drug-likeness (QED) is 0.688. The molecule has 0 fully saturated rings. The fraction of sp³-hybridized carbons (Fsp3) is 0.350. The largest absolute Gasteiger partial charge is 0.465 e. The Bertz CT molecular complexity index is 822. The minimum atomic E-state index is -4.41. The summed E-state index contributed by atoms with van der Waals surface area (Å²) >= 11 is 0. The van der Waals surface area contributed by atoms with E-state index in [9.17, 15) is 18.0 Å². The molecule has 25 heavy (non-hydrogen) atoms. The third kappa shape index (κ3) is 3.03. The van der Waals surface area contributed by atoms with Crippen molar-refractivity contribution in [1.29, 1.82) is 0 Å². The molecular weight excluding hydrogens is 329 g/mol. The molecule has 3 rings (SSSR count). The van der Waals surface area contributed by atoms with Gasteiger partial charge < -0.3 is 4.74 Å². The molecule has 0 aliphatic heterocycles. The second-order valence-electron chi connectivity index (χ2n) is 7.02. The summed E-state index contributed by atoms with van der Waals surface area (Å²) in [6.45, 7) is 4.03. The van der Waals surface area contributed by atoms with Gasteiger partial charge in [-0.2, -0.15) is 13.2 Å². The van der Waals surface area contributed by atoms with Crippen molar-refractivity contribution in [2.24, 2.45) is 0 Å². The van der Waals surface area contributed by atoms with Crippen molar-refractivity contribution < 1.29 is 22.7 Å². The lowest BCUT2D eigenvalue weighted by molar-refractivity contribution is -0.138. The lowest BCUT2D eigenvalue weighted by Crippen LogP contribution is -2.14. The zero-order valence-corrected chi connectivity index (χ0v) is 14.3. The van der Waals surface area contributed by atoms with E-state index in [4.69, 9.17) is 4.74 Å². The van der Waals surface area contributed by atoms with E-state index in [-0.39, 0.29) is 11.0 Å². The van der Waals surface area contributed by atoms with Gasteiger partial charge in [-0.25, -0.2) is 4.79 Å². The monoisotopic (exact) mass is 348 g/mol. The predicted octanol–water partition coefficient (Wildman–Crippen LogP) is 5.31. The first-order valence-corrected chi connectivity index (χ1v) is 8.04. The van der Waals surface area contributed by atoms with Gasteiger partial charge in [-0.15, -0.1) is 0 Å². The number of halogens is 3. The first kappa shape index (κ1) is 17.5. The fourth-order valence-electron chi connectivity index (χ4n) is 3.78. The number of alkyl halides is 3. The van der Waals surface area contributed by atoms with Crippen molar-refractivity contribution in [2.45, 2.75) is 37.8 Å². The van der Waals surface area contributed by atoms with Gasteiger partial charge in [-0.05, 0) is 46.7 Å². The number of carbonyl (C=O) groups is 1. The smallest absolute Gasteiger partial charge is 0.416 e. The third-order valence-corrected chi connectivity index (χ3v) is 4.93. The maximum Gasteiger partial charge on any atom is 0.416 e. The van der Waals surface area contributed by atoms with Crippen molar-refractivity contribution in [3.8, 4) is 0 Å². The molecule has 132 valence electrons. The Balaban J connectivity index is 2.18. The highest BCUT2D eigenvalue weighted by Gasteiger charge is 2.42. The third-order valence-electron chi connectivity index (χ3n) is 4.93. The van der Waals surface area contributed by atoms with Crippen molar-refractivity contribution in [3.05, 3.63) is 70.3 Å². The zero-order chi connectivity index (χ0) is 18.4. The van der Waals surface area contributed by atoms with Crippen LogP contribution in [0.1, 0.15) is 58.8 Å². The molecule has 1 aliphatic rings. The summed E-state index contributed by atoms with van der Waals surface area (Å²) in [7, 11) is 1.29. The van der Waals surface area contributed by atoms with E-state index in [1.165, 1.54) is 19.2 Å². The molecule has 2 aromatic carbocycles. The minimum Gasteiger partial charge on any atom is -0.465 e. The number of hydrogen-bond acceptors (Lipinski definition) is 2. The van der Waals surface area contributed by atoms with E-state index in [0.717, 1.165) is 17.2 Å². The Hall–Kier alpha value is -2.30. The average Bonchev–Trinajstić information content (AvgIpc) is 2.84. The molecule has 0 spiro atoms. The molecule has 0 radical (unpaired) electrons. The van der Waals surface area contributed by atoms with Crippen LogP contribution in [0, 0.1) is 0 Å². The molecule has 5 heteroatoms. The number of hydrogen-bond donors (Lipinski definition) is 0. The summed E-state index contributed by atoms with van der Waals surface area (Å²) < 4.78 is 45.1. The van der Waals surface area contributed by atoms with E-state index >= 15 is 0 Å². The van der Waals surface area contributed by atoms with Crippen molar-refractivity contribution in [2.75, 3.05) is 7.11 Å². The van der Waals surface area contributed by atoms with Gasteiger partial charge in [0.1, 0.15) is 0 Å². The number of carbonyl (C=O) groups excluding carboxylic acids is 1. The molecule has 0 amide bonds. The van der Waals surface area contributed by atoms with Crippen LogP contribution in [0.25, 0.3) is 0 Å². The zero-order valence-electron chi connectivity index (χ0n) is 14.3. The molecule has 1 aliphatic carbocycles. The predicted molar refractivity (Wildman–Crippen MR) is 88.7 cm³/mol. The summed E-state index contributed by atoms with van der Waals surface area (Å²) in [4.78, 5) is 11.8. The van der Waals surface area contributed by atoms with Gasteiger partial charge in [0.25, 0.3) is 0 Å². The van der Waals surface area contributed by atoms with Gasteiger partial charge in [-0.3, -0.25) is 0 Å². The van der Waals surface area contributed by atoms with Crippen molar-refractivity contribution in [1.82, 2.24) is 0 Å². The van der Waals surface area contributed by atoms with E-state index in [2.05, 4.69) is 0 Å². The Kier molecular flexibility index (Phi) is 4.13. The van der Waals surface area contributed by atoms with Crippen LogP contribution in [0.5, 0.6) is 0 Å². The Morgan fingerprint density at radius 1 is 1.12 bits per heavy atom. The molecule has 1 unspecified atom stereocenters. The summed E-state index contributed by atoms with van der Waals surface area (Å²) in [5.74, 6) is -0.900. The Labute approximate surface area is 144 Å². The van der Waals surface area contributed by atoms with Gasteiger partial charge >= 0.3 is 12.1 Å². The topological polar surface area (TPSA) is 26.3 Å². The number of ether oxygens (including phenoxy) is 1. The molecule has 0 bridgehead atoms. The number of fused-ring (bicyclic) bond motifs is 1. The highest BCUT2D eigenvalue weighted by Crippen LogP contribution is 2.51.